The van der Waals surface area contributed by atoms with Gasteiger partial charge in [-0.05, 0) is 23.6 Å². The Morgan fingerprint density at radius 1 is 1.19 bits per heavy atom. The molecule has 0 aliphatic rings. The van der Waals surface area contributed by atoms with Gasteiger partial charge in [-0.1, -0.05) is 56.8 Å². The monoisotopic (exact) mass is 304 g/mol. The van der Waals surface area contributed by atoms with Crippen molar-refractivity contribution in [2.45, 2.75) is 37.9 Å². The lowest BCUT2D eigenvalue weighted by Gasteiger charge is -2.18. The molecule has 0 saturated heterocycles. The van der Waals surface area contributed by atoms with Gasteiger partial charge < -0.3 is 5.32 Å². The van der Waals surface area contributed by atoms with Gasteiger partial charge in [-0.25, -0.2) is 9.67 Å². The summed E-state index contributed by atoms with van der Waals surface area (Å²) in [7, 11) is 1.93. The second-order valence-corrected chi connectivity index (χ2v) is 6.40. The molecule has 5 heteroatoms. The van der Waals surface area contributed by atoms with E-state index in [1.165, 1.54) is 11.1 Å². The molecule has 2 aromatic rings. The Balaban J connectivity index is 2.05. The second kappa shape index (κ2) is 7.61. The van der Waals surface area contributed by atoms with Crippen molar-refractivity contribution in [3.05, 3.63) is 41.7 Å². The average Bonchev–Trinajstić information content (AvgIpc) is 2.89. The highest BCUT2D eigenvalue weighted by atomic mass is 32.2. The van der Waals surface area contributed by atoms with E-state index in [2.05, 4.69) is 60.4 Å². The summed E-state index contributed by atoms with van der Waals surface area (Å²) in [6.07, 6.45) is 1.60. The Bertz CT molecular complexity index is 548. The van der Waals surface area contributed by atoms with Gasteiger partial charge >= 0.3 is 0 Å². The highest BCUT2D eigenvalue weighted by Crippen LogP contribution is 2.24. The number of thioether (sulfide) groups is 1. The lowest BCUT2D eigenvalue weighted by Crippen LogP contribution is -2.23. The molecule has 0 aliphatic carbocycles. The van der Waals surface area contributed by atoms with E-state index in [9.17, 15) is 0 Å². The van der Waals surface area contributed by atoms with Gasteiger partial charge in [0.1, 0.15) is 6.33 Å². The predicted octanol–water partition coefficient (Wildman–Crippen LogP) is 3.38. The van der Waals surface area contributed by atoms with Crippen molar-refractivity contribution >= 4 is 11.8 Å². The smallest absolute Gasteiger partial charge is 0.185 e. The van der Waals surface area contributed by atoms with Crippen LogP contribution in [0.15, 0.2) is 35.7 Å². The summed E-state index contributed by atoms with van der Waals surface area (Å²) in [5.41, 5.74) is 2.71. The first-order chi connectivity index (χ1) is 10.1. The molecule has 21 heavy (non-hydrogen) atoms. The Morgan fingerprint density at radius 3 is 2.38 bits per heavy atom. The van der Waals surface area contributed by atoms with Crippen molar-refractivity contribution in [3.8, 4) is 0 Å². The van der Waals surface area contributed by atoms with Crippen LogP contribution in [-0.4, -0.2) is 27.1 Å². The zero-order valence-corrected chi connectivity index (χ0v) is 14.0. The summed E-state index contributed by atoms with van der Waals surface area (Å²) >= 11 is 1.73. The maximum Gasteiger partial charge on any atom is 0.185 e. The number of rotatable bonds is 7. The summed E-state index contributed by atoms with van der Waals surface area (Å²) in [5.74, 6) is 1.52. The second-order valence-electron chi connectivity index (χ2n) is 5.41. The van der Waals surface area contributed by atoms with Crippen molar-refractivity contribution in [1.29, 1.82) is 0 Å². The van der Waals surface area contributed by atoms with E-state index in [1.807, 2.05) is 11.7 Å². The molecule has 0 radical (unpaired) electrons. The minimum absolute atomic E-state index is 0.331. The largest absolute Gasteiger partial charge is 0.309 e. The molecule has 1 N–H and O–H groups in total. The van der Waals surface area contributed by atoms with Crippen LogP contribution in [0.4, 0.5) is 0 Å². The van der Waals surface area contributed by atoms with Gasteiger partial charge in [-0.2, -0.15) is 5.10 Å². The van der Waals surface area contributed by atoms with Crippen molar-refractivity contribution in [3.63, 3.8) is 0 Å². The molecule has 0 fully saturated rings. The van der Waals surface area contributed by atoms with Gasteiger partial charge in [0, 0.05) is 18.8 Å². The van der Waals surface area contributed by atoms with Crippen LogP contribution in [0.25, 0.3) is 0 Å². The summed E-state index contributed by atoms with van der Waals surface area (Å²) in [6.45, 7) is 7.54. The predicted molar refractivity (Wildman–Crippen MR) is 88.7 cm³/mol. The van der Waals surface area contributed by atoms with Gasteiger partial charge in [0.15, 0.2) is 5.16 Å². The molecule has 2 rings (SSSR count). The third-order valence-corrected chi connectivity index (χ3v) is 4.63. The van der Waals surface area contributed by atoms with Crippen LogP contribution in [0.5, 0.6) is 0 Å². The van der Waals surface area contributed by atoms with Crippen molar-refractivity contribution in [2.75, 3.05) is 12.3 Å². The van der Waals surface area contributed by atoms with Crippen LogP contribution in [0.2, 0.25) is 0 Å². The van der Waals surface area contributed by atoms with E-state index < -0.39 is 0 Å². The zero-order chi connectivity index (χ0) is 15.2. The number of aryl methyl sites for hydroxylation is 1. The average molecular weight is 304 g/mol. The van der Waals surface area contributed by atoms with Crippen LogP contribution in [0.1, 0.15) is 43.9 Å². The summed E-state index contributed by atoms with van der Waals surface area (Å²) in [6, 6.07) is 9.27. The fourth-order valence-electron chi connectivity index (χ4n) is 2.21. The number of aromatic nitrogens is 3. The Hall–Kier alpha value is -1.33. The van der Waals surface area contributed by atoms with Crippen LogP contribution in [0.3, 0.4) is 0 Å². The van der Waals surface area contributed by atoms with Crippen LogP contribution in [-0.2, 0) is 7.05 Å². The maximum atomic E-state index is 4.27. The zero-order valence-electron chi connectivity index (χ0n) is 13.2. The minimum Gasteiger partial charge on any atom is -0.309 e. The normalized spacial score (nSPS) is 12.8. The molecule has 0 bridgehead atoms. The number of benzene rings is 1. The van der Waals surface area contributed by atoms with Crippen molar-refractivity contribution in [2.24, 2.45) is 7.05 Å². The molecule has 0 saturated carbocycles. The van der Waals surface area contributed by atoms with Gasteiger partial charge in [-0.15, -0.1) is 0 Å². The van der Waals surface area contributed by atoms with Gasteiger partial charge in [0.2, 0.25) is 0 Å². The number of hydrogen-bond donors (Lipinski definition) is 1. The molecule has 1 unspecified atom stereocenters. The quantitative estimate of drug-likeness (QED) is 0.796. The lowest BCUT2D eigenvalue weighted by molar-refractivity contribution is 0.603. The van der Waals surface area contributed by atoms with E-state index in [-0.39, 0.29) is 0 Å². The summed E-state index contributed by atoms with van der Waals surface area (Å²) in [5, 5.41) is 8.62. The Labute approximate surface area is 131 Å². The number of hydrogen-bond acceptors (Lipinski definition) is 4. The van der Waals surface area contributed by atoms with Crippen LogP contribution in [0, 0.1) is 0 Å². The lowest BCUT2D eigenvalue weighted by atomic mass is 9.99. The fraction of sp³-hybridized carbons (Fsp3) is 0.500. The highest BCUT2D eigenvalue weighted by Gasteiger charge is 2.13. The molecule has 0 amide bonds. The molecule has 114 valence electrons. The third-order valence-electron chi connectivity index (χ3n) is 3.50. The molecular weight excluding hydrogens is 280 g/mol. The molecule has 4 nitrogen and oxygen atoms in total. The molecule has 1 atom stereocenters. The summed E-state index contributed by atoms with van der Waals surface area (Å²) < 4.78 is 1.82. The van der Waals surface area contributed by atoms with Crippen molar-refractivity contribution in [1.82, 2.24) is 20.1 Å². The first-order valence-electron chi connectivity index (χ1n) is 7.41. The van der Waals surface area contributed by atoms with Crippen LogP contribution < -0.4 is 5.32 Å². The maximum absolute atomic E-state index is 4.27. The molecule has 0 aliphatic heterocycles. The van der Waals surface area contributed by atoms with Gasteiger partial charge in [0.25, 0.3) is 0 Å². The number of nitrogens with zero attached hydrogens (tertiary/aromatic N) is 3. The van der Waals surface area contributed by atoms with E-state index in [0.29, 0.717) is 12.0 Å². The van der Waals surface area contributed by atoms with E-state index >= 15 is 0 Å². The molecule has 1 aromatic carbocycles. The van der Waals surface area contributed by atoms with E-state index in [1.54, 1.807) is 18.1 Å². The first kappa shape index (κ1) is 16.0. The molecule has 1 aromatic heterocycles. The molecule has 0 spiro atoms. The topological polar surface area (TPSA) is 42.7 Å². The third kappa shape index (κ3) is 4.32. The van der Waals surface area contributed by atoms with Gasteiger partial charge in [-0.3, -0.25) is 0 Å². The van der Waals surface area contributed by atoms with Crippen LogP contribution >= 0.6 is 11.8 Å². The highest BCUT2D eigenvalue weighted by molar-refractivity contribution is 7.99. The SMILES string of the molecule is CCNC(CSc1ncnn1C)c1ccc(C(C)C)cc1. The van der Waals surface area contributed by atoms with Gasteiger partial charge in [0.05, 0.1) is 0 Å². The molecular formula is C16H24N4S. The van der Waals surface area contributed by atoms with Crippen molar-refractivity contribution < 1.29 is 0 Å². The Kier molecular flexibility index (Phi) is 5.82. The Morgan fingerprint density at radius 2 is 1.86 bits per heavy atom. The van der Waals surface area contributed by atoms with E-state index in [4.69, 9.17) is 0 Å². The fourth-order valence-corrected chi connectivity index (χ4v) is 3.19. The first-order valence-corrected chi connectivity index (χ1v) is 8.40. The number of nitrogens with one attached hydrogen (secondary N) is 1. The minimum atomic E-state index is 0.331. The summed E-state index contributed by atoms with van der Waals surface area (Å²) in [4.78, 5) is 4.27. The van der Waals surface area contributed by atoms with E-state index in [0.717, 1.165) is 17.5 Å². The standard InChI is InChI=1S/C16H24N4S/c1-5-17-15(10-21-16-18-11-19-20(16)4)14-8-6-13(7-9-14)12(2)3/h6-9,11-12,15,17H,5,10H2,1-4H3. The molecule has 1 heterocycles.